The first-order chi connectivity index (χ1) is 11.0. The second-order valence-corrected chi connectivity index (χ2v) is 5.73. The maximum absolute atomic E-state index is 12.8. The fraction of sp³-hybridized carbons (Fsp3) is 0.500. The lowest BCUT2D eigenvalue weighted by molar-refractivity contribution is -0.139. The molecule has 1 aromatic rings. The Labute approximate surface area is 134 Å². The van der Waals surface area contributed by atoms with E-state index in [4.69, 9.17) is 5.11 Å². The van der Waals surface area contributed by atoms with Gasteiger partial charge in [0.2, 0.25) is 0 Å². The zero-order valence-electron chi connectivity index (χ0n) is 13.1. The first kappa shape index (κ1) is 17.2. The van der Waals surface area contributed by atoms with Crippen molar-refractivity contribution in [2.75, 3.05) is 13.1 Å². The van der Waals surface area contributed by atoms with Crippen molar-refractivity contribution in [1.29, 1.82) is 0 Å². The van der Waals surface area contributed by atoms with Crippen molar-refractivity contribution < 1.29 is 19.1 Å². The van der Waals surface area contributed by atoms with Gasteiger partial charge in [0, 0.05) is 18.6 Å². The molecule has 1 saturated carbocycles. The molecule has 0 radical (unpaired) electrons. The number of rotatable bonds is 7. The molecule has 0 unspecified atom stereocenters. The first-order valence-electron chi connectivity index (χ1n) is 7.72. The van der Waals surface area contributed by atoms with E-state index in [9.17, 15) is 14.0 Å². The van der Waals surface area contributed by atoms with Crippen LogP contribution in [0.2, 0.25) is 0 Å². The Morgan fingerprint density at radius 2 is 1.96 bits per heavy atom. The molecule has 1 fully saturated rings. The zero-order valence-corrected chi connectivity index (χ0v) is 13.1. The van der Waals surface area contributed by atoms with Crippen molar-refractivity contribution in [3.63, 3.8) is 0 Å². The van der Waals surface area contributed by atoms with Gasteiger partial charge in [-0.3, -0.25) is 9.69 Å². The van der Waals surface area contributed by atoms with Gasteiger partial charge in [-0.05, 0) is 37.1 Å². The van der Waals surface area contributed by atoms with E-state index in [2.05, 4.69) is 10.6 Å². The standard InChI is InChI=1S/C16H22FN3O3/c1-2-20(10-15(21)22)14-7-13(8-14)19-16(23)18-9-11-3-5-12(17)6-4-11/h3-6,13-14H,2,7-10H2,1H3,(H,21,22)(H2,18,19,23). The molecule has 0 aromatic heterocycles. The molecule has 7 heteroatoms. The smallest absolute Gasteiger partial charge is 0.317 e. The molecule has 2 rings (SSSR count). The minimum atomic E-state index is -0.833. The van der Waals surface area contributed by atoms with Crippen molar-refractivity contribution in [2.24, 2.45) is 0 Å². The van der Waals surface area contributed by atoms with Crippen LogP contribution in [0.5, 0.6) is 0 Å². The highest BCUT2D eigenvalue weighted by molar-refractivity contribution is 5.74. The van der Waals surface area contributed by atoms with Crippen LogP contribution in [0.25, 0.3) is 0 Å². The van der Waals surface area contributed by atoms with Crippen LogP contribution < -0.4 is 10.6 Å². The number of hydrogen-bond donors (Lipinski definition) is 3. The summed E-state index contributed by atoms with van der Waals surface area (Å²) in [6.07, 6.45) is 1.51. The molecule has 3 N–H and O–H groups in total. The number of carboxylic acid groups (broad SMARTS) is 1. The van der Waals surface area contributed by atoms with Crippen molar-refractivity contribution in [3.8, 4) is 0 Å². The van der Waals surface area contributed by atoms with E-state index < -0.39 is 5.97 Å². The number of amides is 2. The summed E-state index contributed by atoms with van der Waals surface area (Å²) < 4.78 is 12.8. The Morgan fingerprint density at radius 1 is 1.30 bits per heavy atom. The van der Waals surface area contributed by atoms with Gasteiger partial charge in [0.25, 0.3) is 0 Å². The van der Waals surface area contributed by atoms with Gasteiger partial charge in [0.1, 0.15) is 5.82 Å². The van der Waals surface area contributed by atoms with Gasteiger partial charge in [-0.15, -0.1) is 0 Å². The third-order valence-corrected chi connectivity index (χ3v) is 4.08. The Bertz CT molecular complexity index is 544. The van der Waals surface area contributed by atoms with E-state index in [0.29, 0.717) is 13.1 Å². The maximum atomic E-state index is 12.8. The average Bonchev–Trinajstić information content (AvgIpc) is 2.47. The largest absolute Gasteiger partial charge is 0.480 e. The minimum Gasteiger partial charge on any atom is -0.480 e. The second-order valence-electron chi connectivity index (χ2n) is 5.73. The molecule has 0 atom stereocenters. The Hall–Kier alpha value is -2.15. The summed E-state index contributed by atoms with van der Waals surface area (Å²) in [4.78, 5) is 24.5. The summed E-state index contributed by atoms with van der Waals surface area (Å²) in [6, 6.07) is 5.97. The highest BCUT2D eigenvalue weighted by atomic mass is 19.1. The molecule has 1 aliphatic carbocycles. The normalized spacial score (nSPS) is 20.0. The van der Waals surface area contributed by atoms with E-state index >= 15 is 0 Å². The number of carbonyl (C=O) groups excluding carboxylic acids is 1. The highest BCUT2D eigenvalue weighted by Gasteiger charge is 2.34. The summed E-state index contributed by atoms with van der Waals surface area (Å²) in [5.74, 6) is -1.14. The van der Waals surface area contributed by atoms with Crippen LogP contribution >= 0.6 is 0 Å². The van der Waals surface area contributed by atoms with Crippen LogP contribution in [-0.2, 0) is 11.3 Å². The van der Waals surface area contributed by atoms with Crippen LogP contribution in [0.3, 0.4) is 0 Å². The van der Waals surface area contributed by atoms with Gasteiger partial charge in [-0.2, -0.15) is 0 Å². The van der Waals surface area contributed by atoms with Crippen LogP contribution in [0, 0.1) is 5.82 Å². The van der Waals surface area contributed by atoms with Crippen LogP contribution in [0.4, 0.5) is 9.18 Å². The monoisotopic (exact) mass is 323 g/mol. The van der Waals surface area contributed by atoms with Gasteiger partial charge < -0.3 is 15.7 Å². The number of nitrogens with one attached hydrogen (secondary N) is 2. The molecular formula is C16H22FN3O3. The molecule has 0 aliphatic heterocycles. The third kappa shape index (κ3) is 5.21. The highest BCUT2D eigenvalue weighted by Crippen LogP contribution is 2.25. The molecule has 0 heterocycles. The lowest BCUT2D eigenvalue weighted by Gasteiger charge is -2.42. The predicted octanol–water partition coefficient (Wildman–Crippen LogP) is 1.56. The van der Waals surface area contributed by atoms with E-state index in [1.54, 1.807) is 12.1 Å². The number of benzene rings is 1. The van der Waals surface area contributed by atoms with E-state index in [1.807, 2.05) is 11.8 Å². The van der Waals surface area contributed by atoms with Crippen LogP contribution in [-0.4, -0.2) is 47.2 Å². The van der Waals surface area contributed by atoms with Crippen LogP contribution in [0.15, 0.2) is 24.3 Å². The molecule has 6 nitrogen and oxygen atoms in total. The molecule has 23 heavy (non-hydrogen) atoms. The van der Waals surface area contributed by atoms with E-state index in [0.717, 1.165) is 18.4 Å². The molecule has 0 bridgehead atoms. The lowest BCUT2D eigenvalue weighted by atomic mass is 9.85. The molecule has 0 saturated heterocycles. The van der Waals surface area contributed by atoms with Gasteiger partial charge >= 0.3 is 12.0 Å². The van der Waals surface area contributed by atoms with Crippen molar-refractivity contribution in [1.82, 2.24) is 15.5 Å². The number of hydrogen-bond acceptors (Lipinski definition) is 3. The Morgan fingerprint density at radius 3 is 2.52 bits per heavy atom. The topological polar surface area (TPSA) is 81.7 Å². The van der Waals surface area contributed by atoms with Gasteiger partial charge in [-0.1, -0.05) is 19.1 Å². The average molecular weight is 323 g/mol. The molecular weight excluding hydrogens is 301 g/mol. The first-order valence-corrected chi connectivity index (χ1v) is 7.72. The molecule has 1 aromatic carbocycles. The number of likely N-dealkylation sites (N-methyl/N-ethyl adjacent to an activating group) is 1. The fourth-order valence-corrected chi connectivity index (χ4v) is 2.70. The number of carbonyl (C=O) groups is 2. The second kappa shape index (κ2) is 7.92. The van der Waals surface area contributed by atoms with E-state index in [-0.39, 0.29) is 30.5 Å². The zero-order chi connectivity index (χ0) is 16.8. The Kier molecular flexibility index (Phi) is 5.92. The summed E-state index contributed by atoms with van der Waals surface area (Å²) >= 11 is 0. The summed E-state index contributed by atoms with van der Waals surface area (Å²) in [5.41, 5.74) is 0.826. The number of halogens is 1. The van der Waals surface area contributed by atoms with Crippen molar-refractivity contribution in [3.05, 3.63) is 35.6 Å². The Balaban J connectivity index is 1.67. The van der Waals surface area contributed by atoms with Crippen LogP contribution in [0.1, 0.15) is 25.3 Å². The third-order valence-electron chi connectivity index (χ3n) is 4.08. The minimum absolute atomic E-state index is 0.0324. The van der Waals surface area contributed by atoms with E-state index in [1.165, 1.54) is 12.1 Å². The van der Waals surface area contributed by atoms with Gasteiger partial charge in [-0.25, -0.2) is 9.18 Å². The van der Waals surface area contributed by atoms with Gasteiger partial charge in [0.15, 0.2) is 0 Å². The summed E-state index contributed by atoms with van der Waals surface area (Å²) in [6.45, 7) is 2.98. The van der Waals surface area contributed by atoms with Crippen molar-refractivity contribution in [2.45, 2.75) is 38.4 Å². The quantitative estimate of drug-likeness (QED) is 0.711. The predicted molar refractivity (Wildman–Crippen MR) is 83.5 cm³/mol. The number of carboxylic acids is 1. The molecule has 126 valence electrons. The van der Waals surface area contributed by atoms with Crippen molar-refractivity contribution >= 4 is 12.0 Å². The number of aliphatic carboxylic acids is 1. The fourth-order valence-electron chi connectivity index (χ4n) is 2.70. The SMILES string of the molecule is CCN(CC(=O)O)C1CC(NC(=O)NCc2ccc(F)cc2)C1. The summed E-state index contributed by atoms with van der Waals surface area (Å²) in [5, 5.41) is 14.4. The molecule has 1 aliphatic rings. The van der Waals surface area contributed by atoms with Gasteiger partial charge in [0.05, 0.1) is 6.54 Å². The molecule has 2 amide bonds. The number of urea groups is 1. The number of nitrogens with zero attached hydrogens (tertiary/aromatic N) is 1. The maximum Gasteiger partial charge on any atom is 0.317 e. The molecule has 0 spiro atoms. The summed E-state index contributed by atoms with van der Waals surface area (Å²) in [7, 11) is 0. The lowest BCUT2D eigenvalue weighted by Crippen LogP contribution is -2.56.